The lowest BCUT2D eigenvalue weighted by Crippen LogP contribution is -2.49. The van der Waals surface area contributed by atoms with Crippen molar-refractivity contribution in [3.63, 3.8) is 0 Å². The van der Waals surface area contributed by atoms with Gasteiger partial charge in [0.05, 0.1) is 7.11 Å². The molecule has 2 aliphatic rings. The van der Waals surface area contributed by atoms with Crippen LogP contribution in [0, 0.1) is 0 Å². The number of Topliss-reactive ketones (excluding diaryl/α,β-unsaturated/α-hetero) is 1. The number of nitrogens with one attached hydrogen (secondary N) is 1. The van der Waals surface area contributed by atoms with Gasteiger partial charge in [-0.2, -0.15) is 0 Å². The highest BCUT2D eigenvalue weighted by atomic mass is 16.6. The van der Waals surface area contributed by atoms with Crippen LogP contribution >= 0.6 is 0 Å². The molecule has 0 bridgehead atoms. The third-order valence-corrected chi connectivity index (χ3v) is 7.69. The molecule has 1 N–H and O–H groups in total. The first kappa shape index (κ1) is 28.0. The number of benzene rings is 2. The Morgan fingerprint density at radius 2 is 1.74 bits per heavy atom. The summed E-state index contributed by atoms with van der Waals surface area (Å²) in [6.07, 6.45) is 6.46. The summed E-state index contributed by atoms with van der Waals surface area (Å²) in [6, 6.07) is 13.3. The fraction of sp³-hybridized carbons (Fsp3) is 0.548. The topological polar surface area (TPSA) is 77.1 Å². The summed E-state index contributed by atoms with van der Waals surface area (Å²) < 4.78 is 16.6. The molecule has 2 aromatic carbocycles. The van der Waals surface area contributed by atoms with Crippen molar-refractivity contribution in [1.82, 2.24) is 10.2 Å². The number of nitrogens with zero attached hydrogens (tertiary/aromatic N) is 1. The van der Waals surface area contributed by atoms with E-state index in [1.165, 1.54) is 12.8 Å². The summed E-state index contributed by atoms with van der Waals surface area (Å²) in [7, 11) is 1.61. The highest BCUT2D eigenvalue weighted by molar-refractivity contribution is 5.96. The van der Waals surface area contributed by atoms with E-state index in [0.717, 1.165) is 61.6 Å². The minimum absolute atomic E-state index is 0.0130. The van der Waals surface area contributed by atoms with Crippen molar-refractivity contribution in [3.05, 3.63) is 53.6 Å². The molecule has 7 nitrogen and oxygen atoms in total. The van der Waals surface area contributed by atoms with Crippen molar-refractivity contribution < 1.29 is 23.8 Å². The lowest BCUT2D eigenvalue weighted by atomic mass is 9.99. The van der Waals surface area contributed by atoms with Crippen LogP contribution in [0.5, 0.6) is 17.2 Å². The summed E-state index contributed by atoms with van der Waals surface area (Å²) in [4.78, 5) is 27.9. The minimum Gasteiger partial charge on any atom is -0.497 e. The number of ketones is 1. The van der Waals surface area contributed by atoms with Gasteiger partial charge in [-0.1, -0.05) is 12.5 Å². The van der Waals surface area contributed by atoms with E-state index in [4.69, 9.17) is 14.2 Å². The van der Waals surface area contributed by atoms with Gasteiger partial charge in [0.25, 0.3) is 0 Å². The molecule has 2 aliphatic heterocycles. The molecule has 0 aromatic heterocycles. The average molecular weight is 523 g/mol. The predicted molar refractivity (Wildman–Crippen MR) is 148 cm³/mol. The van der Waals surface area contributed by atoms with Gasteiger partial charge < -0.3 is 19.5 Å². The normalized spacial score (nSPS) is 17.1. The minimum atomic E-state index is 0.0130. The van der Waals surface area contributed by atoms with Gasteiger partial charge in [0.2, 0.25) is 5.91 Å². The number of hydrogen-bond donors (Lipinski definition) is 1. The highest BCUT2D eigenvalue weighted by Crippen LogP contribution is 2.32. The summed E-state index contributed by atoms with van der Waals surface area (Å²) in [5.41, 5.74) is 1.98. The fourth-order valence-electron chi connectivity index (χ4n) is 5.40. The molecule has 0 saturated carbocycles. The first-order valence-electron chi connectivity index (χ1n) is 13.9. The van der Waals surface area contributed by atoms with Crippen LogP contribution in [0.3, 0.4) is 0 Å². The monoisotopic (exact) mass is 522 g/mol. The molecule has 4 rings (SSSR count). The Morgan fingerprint density at radius 1 is 1.00 bits per heavy atom. The van der Waals surface area contributed by atoms with Gasteiger partial charge in [-0.3, -0.25) is 14.5 Å². The Kier molecular flexibility index (Phi) is 9.67. The first-order valence-corrected chi connectivity index (χ1v) is 13.9. The molecule has 2 aromatic rings. The van der Waals surface area contributed by atoms with Crippen LogP contribution in [-0.4, -0.2) is 61.6 Å². The van der Waals surface area contributed by atoms with Crippen molar-refractivity contribution in [2.45, 2.75) is 76.8 Å². The molecular formula is C31H42N2O5. The number of amides is 1. The molecular weight excluding hydrogens is 480 g/mol. The van der Waals surface area contributed by atoms with E-state index in [1.54, 1.807) is 19.2 Å². The molecule has 206 valence electrons. The number of rotatable bonds is 13. The molecule has 2 heterocycles. The van der Waals surface area contributed by atoms with E-state index in [9.17, 15) is 9.59 Å². The molecule has 1 fully saturated rings. The highest BCUT2D eigenvalue weighted by Gasteiger charge is 2.33. The van der Waals surface area contributed by atoms with Crippen LogP contribution in [0.1, 0.15) is 74.7 Å². The van der Waals surface area contributed by atoms with E-state index in [0.29, 0.717) is 31.6 Å². The number of fused-ring (bicyclic) bond motifs is 1. The first-order chi connectivity index (χ1) is 18.3. The Bertz CT molecular complexity index is 1080. The number of unbranched alkanes of at least 4 members (excludes halogenated alkanes) is 2. The zero-order valence-electron chi connectivity index (χ0n) is 23.1. The number of carbonyl (C=O) groups is 2. The number of carbonyl (C=O) groups excluding carboxylic acids is 2. The maximum atomic E-state index is 12.9. The molecule has 0 radical (unpaired) electrons. The Balaban J connectivity index is 1.26. The van der Waals surface area contributed by atoms with Gasteiger partial charge in [0.1, 0.15) is 19.0 Å². The van der Waals surface area contributed by atoms with E-state index in [2.05, 4.69) is 30.1 Å². The van der Waals surface area contributed by atoms with Crippen molar-refractivity contribution in [3.8, 4) is 17.2 Å². The maximum Gasteiger partial charge on any atom is 0.220 e. The zero-order chi connectivity index (χ0) is 27.0. The smallest absolute Gasteiger partial charge is 0.220 e. The fourth-order valence-corrected chi connectivity index (χ4v) is 5.40. The largest absolute Gasteiger partial charge is 0.497 e. The second-order valence-corrected chi connectivity index (χ2v) is 11.0. The molecule has 1 saturated heterocycles. The van der Waals surface area contributed by atoms with Gasteiger partial charge in [-0.25, -0.2) is 0 Å². The van der Waals surface area contributed by atoms with Crippen molar-refractivity contribution in [2.24, 2.45) is 0 Å². The van der Waals surface area contributed by atoms with E-state index >= 15 is 0 Å². The Labute approximate surface area is 226 Å². The third kappa shape index (κ3) is 7.73. The lowest BCUT2D eigenvalue weighted by molar-refractivity contribution is -0.122. The number of ether oxygens (including phenoxy) is 3. The molecule has 1 amide bonds. The summed E-state index contributed by atoms with van der Waals surface area (Å²) in [5.74, 6) is 2.51. The summed E-state index contributed by atoms with van der Waals surface area (Å²) >= 11 is 0. The van der Waals surface area contributed by atoms with Crippen molar-refractivity contribution >= 4 is 11.7 Å². The quantitative estimate of drug-likeness (QED) is 0.288. The SMILES string of the molecule is COc1ccc(C(=O)CCCCCC(=O)N[C@@H](Cc2ccc3c(c2)OCCO3)CN2CCCC2(C)C)cc1. The predicted octanol–water partition coefficient (Wildman–Crippen LogP) is 5.20. The average Bonchev–Trinajstić information content (AvgIpc) is 3.25. The van der Waals surface area contributed by atoms with Crippen LogP contribution in [0.4, 0.5) is 0 Å². The molecule has 0 unspecified atom stereocenters. The molecule has 38 heavy (non-hydrogen) atoms. The molecule has 0 aliphatic carbocycles. The molecule has 1 atom stereocenters. The third-order valence-electron chi connectivity index (χ3n) is 7.69. The summed E-state index contributed by atoms with van der Waals surface area (Å²) in [6.45, 7) is 7.59. The van der Waals surface area contributed by atoms with Gasteiger partial charge >= 0.3 is 0 Å². The van der Waals surface area contributed by atoms with E-state index in [1.807, 2.05) is 24.3 Å². The number of hydrogen-bond acceptors (Lipinski definition) is 6. The van der Waals surface area contributed by atoms with Crippen LogP contribution < -0.4 is 19.5 Å². The number of methoxy groups -OCH3 is 1. The standard InChI is InChI=1S/C31H42N2O5/c1-31(2)16-7-17-33(31)22-25(20-23-10-15-28-29(21-23)38-19-18-37-28)32-30(35)9-6-4-5-8-27(34)24-11-13-26(36-3)14-12-24/h10-15,21,25H,4-9,16-20,22H2,1-3H3,(H,32,35)/t25-/m0/s1. The molecule has 7 heteroatoms. The van der Waals surface area contributed by atoms with Gasteiger partial charge in [0, 0.05) is 36.5 Å². The second kappa shape index (κ2) is 13.1. The van der Waals surface area contributed by atoms with Crippen molar-refractivity contribution in [1.29, 1.82) is 0 Å². The number of likely N-dealkylation sites (tertiary alicyclic amines) is 1. The Hall–Kier alpha value is -3.06. The Morgan fingerprint density at radius 3 is 2.45 bits per heavy atom. The maximum absolute atomic E-state index is 12.9. The lowest BCUT2D eigenvalue weighted by Gasteiger charge is -2.35. The van der Waals surface area contributed by atoms with E-state index in [-0.39, 0.29) is 23.3 Å². The second-order valence-electron chi connectivity index (χ2n) is 11.0. The van der Waals surface area contributed by atoms with E-state index < -0.39 is 0 Å². The summed E-state index contributed by atoms with van der Waals surface area (Å²) in [5, 5.41) is 3.32. The van der Waals surface area contributed by atoms with Gasteiger partial charge in [0.15, 0.2) is 17.3 Å². The van der Waals surface area contributed by atoms with Gasteiger partial charge in [-0.15, -0.1) is 0 Å². The van der Waals surface area contributed by atoms with Crippen LogP contribution in [0.25, 0.3) is 0 Å². The van der Waals surface area contributed by atoms with Crippen LogP contribution in [0.15, 0.2) is 42.5 Å². The van der Waals surface area contributed by atoms with Crippen LogP contribution in [0.2, 0.25) is 0 Å². The molecule has 0 spiro atoms. The zero-order valence-corrected chi connectivity index (χ0v) is 23.1. The van der Waals surface area contributed by atoms with Crippen molar-refractivity contribution in [2.75, 3.05) is 33.4 Å². The van der Waals surface area contributed by atoms with Crippen LogP contribution in [-0.2, 0) is 11.2 Å². The van der Waals surface area contributed by atoms with Gasteiger partial charge in [-0.05, 0) is 94.5 Å².